The number of carbonyl (C=O) groups is 1. The molecular formula is C14H22N2O2S. The van der Waals surface area contributed by atoms with Gasteiger partial charge in [-0.25, -0.2) is 0 Å². The summed E-state index contributed by atoms with van der Waals surface area (Å²) in [7, 11) is 0. The van der Waals surface area contributed by atoms with Gasteiger partial charge in [0.2, 0.25) is 5.91 Å². The summed E-state index contributed by atoms with van der Waals surface area (Å²) >= 11 is 1.74. The van der Waals surface area contributed by atoms with Crippen molar-refractivity contribution >= 4 is 17.7 Å². The lowest BCUT2D eigenvalue weighted by atomic mass is 9.91. The molecule has 5 heteroatoms. The molecule has 19 heavy (non-hydrogen) atoms. The van der Waals surface area contributed by atoms with Gasteiger partial charge in [-0.2, -0.15) is 17.0 Å². The molecule has 0 saturated carbocycles. The van der Waals surface area contributed by atoms with E-state index < -0.39 is 5.54 Å². The minimum atomic E-state index is -0.625. The molecule has 2 saturated heterocycles. The molecule has 0 unspecified atom stereocenters. The average molecular weight is 282 g/mol. The number of hydrogen-bond acceptors (Lipinski definition) is 4. The number of hydrogen-bond donors (Lipinski definition) is 1. The highest BCUT2D eigenvalue weighted by Gasteiger charge is 2.38. The highest BCUT2D eigenvalue weighted by Crippen LogP contribution is 2.29. The van der Waals surface area contributed by atoms with E-state index in [-0.39, 0.29) is 17.9 Å². The average Bonchev–Trinajstić information content (AvgIpc) is 2.88. The van der Waals surface area contributed by atoms with Crippen molar-refractivity contribution in [2.45, 2.75) is 50.7 Å². The molecule has 0 spiro atoms. The molecule has 2 aliphatic heterocycles. The SMILES string of the molecule is CCC[C@@H]1C[C@H](C(=O)N[C@@]2(C#N)CCSC2)CCO1. The summed E-state index contributed by atoms with van der Waals surface area (Å²) in [6, 6.07) is 2.30. The fourth-order valence-electron chi connectivity index (χ4n) is 2.76. The zero-order valence-corrected chi connectivity index (χ0v) is 12.3. The number of ether oxygens (including phenoxy) is 1. The lowest BCUT2D eigenvalue weighted by Crippen LogP contribution is -2.50. The van der Waals surface area contributed by atoms with Crippen molar-refractivity contribution in [1.29, 1.82) is 5.26 Å². The van der Waals surface area contributed by atoms with Gasteiger partial charge in [-0.1, -0.05) is 13.3 Å². The number of carbonyl (C=O) groups excluding carboxylic acids is 1. The van der Waals surface area contributed by atoms with Crippen LogP contribution in [0.15, 0.2) is 0 Å². The molecule has 3 atom stereocenters. The number of amides is 1. The molecule has 1 amide bonds. The van der Waals surface area contributed by atoms with Gasteiger partial charge in [0.1, 0.15) is 5.54 Å². The third-order valence-corrected chi connectivity index (χ3v) is 5.14. The minimum absolute atomic E-state index is 0.0149. The molecule has 2 fully saturated rings. The summed E-state index contributed by atoms with van der Waals surface area (Å²) < 4.78 is 5.67. The number of thioether (sulfide) groups is 1. The van der Waals surface area contributed by atoms with Gasteiger partial charge >= 0.3 is 0 Å². The van der Waals surface area contributed by atoms with Gasteiger partial charge in [-0.05, 0) is 31.4 Å². The Bertz CT molecular complexity index is 359. The first-order chi connectivity index (χ1) is 9.19. The van der Waals surface area contributed by atoms with Crippen LogP contribution in [0.5, 0.6) is 0 Å². The summed E-state index contributed by atoms with van der Waals surface area (Å²) in [6.07, 6.45) is 4.66. The van der Waals surface area contributed by atoms with Gasteiger partial charge in [-0.15, -0.1) is 0 Å². The summed E-state index contributed by atoms with van der Waals surface area (Å²) in [4.78, 5) is 12.3. The zero-order valence-electron chi connectivity index (χ0n) is 11.5. The highest BCUT2D eigenvalue weighted by molar-refractivity contribution is 7.99. The number of nitrogens with zero attached hydrogens (tertiary/aromatic N) is 1. The third kappa shape index (κ3) is 3.64. The molecule has 0 radical (unpaired) electrons. The van der Waals surface area contributed by atoms with Crippen LogP contribution in [0, 0.1) is 17.2 Å². The maximum Gasteiger partial charge on any atom is 0.224 e. The van der Waals surface area contributed by atoms with Crippen LogP contribution in [0.4, 0.5) is 0 Å². The smallest absolute Gasteiger partial charge is 0.224 e. The lowest BCUT2D eigenvalue weighted by Gasteiger charge is -2.31. The first-order valence-corrected chi connectivity index (χ1v) is 8.27. The van der Waals surface area contributed by atoms with Gasteiger partial charge in [0.15, 0.2) is 0 Å². The Balaban J connectivity index is 1.90. The molecule has 0 aromatic heterocycles. The third-order valence-electron chi connectivity index (χ3n) is 3.95. The van der Waals surface area contributed by atoms with Crippen molar-refractivity contribution < 1.29 is 9.53 Å². The van der Waals surface area contributed by atoms with E-state index in [0.29, 0.717) is 6.61 Å². The molecule has 2 aliphatic rings. The van der Waals surface area contributed by atoms with Crippen molar-refractivity contribution in [3.8, 4) is 6.07 Å². The van der Waals surface area contributed by atoms with Gasteiger partial charge in [-0.3, -0.25) is 4.79 Å². The predicted molar refractivity (Wildman–Crippen MR) is 75.8 cm³/mol. The molecule has 0 aromatic carbocycles. The van der Waals surface area contributed by atoms with Crippen LogP contribution >= 0.6 is 11.8 Å². The zero-order chi connectivity index (χ0) is 13.7. The van der Waals surface area contributed by atoms with Crippen LogP contribution in [0.1, 0.15) is 39.0 Å². The van der Waals surface area contributed by atoms with E-state index in [1.54, 1.807) is 11.8 Å². The topological polar surface area (TPSA) is 62.1 Å². The number of nitriles is 1. The summed E-state index contributed by atoms with van der Waals surface area (Å²) in [5, 5.41) is 12.3. The van der Waals surface area contributed by atoms with E-state index in [1.165, 1.54) is 0 Å². The van der Waals surface area contributed by atoms with E-state index in [9.17, 15) is 10.1 Å². The lowest BCUT2D eigenvalue weighted by molar-refractivity contribution is -0.131. The molecule has 0 bridgehead atoms. The summed E-state index contributed by atoms with van der Waals surface area (Å²) in [5.41, 5.74) is -0.625. The summed E-state index contributed by atoms with van der Waals surface area (Å²) in [6.45, 7) is 2.80. The molecule has 0 aliphatic carbocycles. The van der Waals surface area contributed by atoms with Crippen LogP contribution in [0.2, 0.25) is 0 Å². The van der Waals surface area contributed by atoms with E-state index >= 15 is 0 Å². The molecular weight excluding hydrogens is 260 g/mol. The first kappa shape index (κ1) is 14.7. The number of rotatable bonds is 4. The van der Waals surface area contributed by atoms with Crippen molar-refractivity contribution in [1.82, 2.24) is 5.32 Å². The molecule has 2 rings (SSSR count). The molecule has 1 N–H and O–H groups in total. The van der Waals surface area contributed by atoms with Crippen LogP contribution in [-0.2, 0) is 9.53 Å². The predicted octanol–water partition coefficient (Wildman–Crippen LogP) is 2.10. The number of nitrogens with one attached hydrogen (secondary N) is 1. The maximum absolute atomic E-state index is 12.3. The fraction of sp³-hybridized carbons (Fsp3) is 0.857. The largest absolute Gasteiger partial charge is 0.378 e. The highest BCUT2D eigenvalue weighted by atomic mass is 32.2. The maximum atomic E-state index is 12.3. The Labute approximate surface area is 119 Å². The Morgan fingerprint density at radius 2 is 2.47 bits per heavy atom. The molecule has 0 aromatic rings. The van der Waals surface area contributed by atoms with Gasteiger partial charge in [0, 0.05) is 18.3 Å². The van der Waals surface area contributed by atoms with Gasteiger partial charge in [0.05, 0.1) is 12.2 Å². The molecule has 4 nitrogen and oxygen atoms in total. The summed E-state index contributed by atoms with van der Waals surface area (Å²) in [5.74, 6) is 1.74. The minimum Gasteiger partial charge on any atom is -0.378 e. The Hall–Kier alpha value is -0.730. The second kappa shape index (κ2) is 6.62. The Morgan fingerprint density at radius 3 is 3.11 bits per heavy atom. The van der Waals surface area contributed by atoms with E-state index in [2.05, 4.69) is 18.3 Å². The monoisotopic (exact) mass is 282 g/mol. The Kier molecular flexibility index (Phi) is 5.12. The Morgan fingerprint density at radius 1 is 1.63 bits per heavy atom. The van der Waals surface area contributed by atoms with Gasteiger partial charge in [0.25, 0.3) is 0 Å². The van der Waals surface area contributed by atoms with Crippen LogP contribution in [0.3, 0.4) is 0 Å². The molecule has 106 valence electrons. The normalized spacial score (nSPS) is 34.7. The molecule has 2 heterocycles. The van der Waals surface area contributed by atoms with Crippen molar-refractivity contribution in [2.24, 2.45) is 5.92 Å². The standard InChI is InChI=1S/C14H22N2O2S/c1-2-3-12-8-11(4-6-18-12)13(17)16-14(9-15)5-7-19-10-14/h11-12H,2-8,10H2,1H3,(H,16,17)/t11-,12-,14-/m1/s1. The van der Waals surface area contributed by atoms with Gasteiger partial charge < -0.3 is 10.1 Å². The van der Waals surface area contributed by atoms with Crippen LogP contribution in [0.25, 0.3) is 0 Å². The second-order valence-corrected chi connectivity index (χ2v) is 6.59. The van der Waals surface area contributed by atoms with Crippen molar-refractivity contribution in [2.75, 3.05) is 18.1 Å². The van der Waals surface area contributed by atoms with Crippen LogP contribution in [-0.4, -0.2) is 35.7 Å². The first-order valence-electron chi connectivity index (χ1n) is 7.12. The quantitative estimate of drug-likeness (QED) is 0.857. The fourth-order valence-corrected chi connectivity index (χ4v) is 4.03. The van der Waals surface area contributed by atoms with Crippen molar-refractivity contribution in [3.63, 3.8) is 0 Å². The second-order valence-electron chi connectivity index (χ2n) is 5.49. The van der Waals surface area contributed by atoms with E-state index in [4.69, 9.17) is 4.74 Å². The van der Waals surface area contributed by atoms with E-state index in [0.717, 1.165) is 43.6 Å². The van der Waals surface area contributed by atoms with Crippen LogP contribution < -0.4 is 5.32 Å². The van der Waals surface area contributed by atoms with E-state index in [1.807, 2.05) is 0 Å². The van der Waals surface area contributed by atoms with Crippen molar-refractivity contribution in [3.05, 3.63) is 0 Å².